The first-order valence-electron chi connectivity index (χ1n) is 6.84. The SMILES string of the molecule is Cn1cc(N2CCC[C@@H](NS(=O)(=O)c3cccs3)C2)cn1. The molecular formula is C13H18N4O2S2. The van der Waals surface area contributed by atoms with E-state index in [2.05, 4.69) is 14.7 Å². The van der Waals surface area contributed by atoms with Crippen LogP contribution in [0.4, 0.5) is 5.69 Å². The Labute approximate surface area is 128 Å². The van der Waals surface area contributed by atoms with Gasteiger partial charge in [-0.2, -0.15) is 5.10 Å². The molecule has 1 N–H and O–H groups in total. The van der Waals surface area contributed by atoms with E-state index in [-0.39, 0.29) is 6.04 Å². The monoisotopic (exact) mass is 326 g/mol. The Bertz CT molecular complexity index is 694. The van der Waals surface area contributed by atoms with Crippen LogP contribution < -0.4 is 9.62 Å². The number of aryl methyl sites for hydroxylation is 1. The second-order valence-corrected chi connectivity index (χ2v) is 8.10. The molecule has 1 saturated heterocycles. The van der Waals surface area contributed by atoms with E-state index in [1.54, 1.807) is 22.2 Å². The van der Waals surface area contributed by atoms with Crippen LogP contribution in [0.3, 0.4) is 0 Å². The van der Waals surface area contributed by atoms with Crippen LogP contribution in [-0.2, 0) is 17.1 Å². The summed E-state index contributed by atoms with van der Waals surface area (Å²) >= 11 is 1.24. The van der Waals surface area contributed by atoms with Crippen molar-refractivity contribution in [3.05, 3.63) is 29.9 Å². The van der Waals surface area contributed by atoms with Gasteiger partial charge in [0, 0.05) is 32.4 Å². The van der Waals surface area contributed by atoms with E-state index in [0.29, 0.717) is 10.8 Å². The van der Waals surface area contributed by atoms with Gasteiger partial charge in [0.1, 0.15) is 4.21 Å². The summed E-state index contributed by atoms with van der Waals surface area (Å²) in [6, 6.07) is 3.32. The lowest BCUT2D eigenvalue weighted by atomic mass is 10.1. The summed E-state index contributed by atoms with van der Waals surface area (Å²) < 4.78 is 29.5. The molecule has 0 bridgehead atoms. The van der Waals surface area contributed by atoms with E-state index in [1.165, 1.54) is 11.3 Å². The normalized spacial score (nSPS) is 19.9. The molecule has 6 nitrogen and oxygen atoms in total. The Hall–Kier alpha value is -1.38. The molecule has 8 heteroatoms. The van der Waals surface area contributed by atoms with Crippen LogP contribution in [0, 0.1) is 0 Å². The smallest absolute Gasteiger partial charge is 0.250 e. The lowest BCUT2D eigenvalue weighted by Crippen LogP contribution is -2.47. The summed E-state index contributed by atoms with van der Waals surface area (Å²) in [5.74, 6) is 0. The lowest BCUT2D eigenvalue weighted by molar-refractivity contribution is 0.466. The zero-order valence-corrected chi connectivity index (χ0v) is 13.4. The molecule has 0 radical (unpaired) electrons. The van der Waals surface area contributed by atoms with E-state index in [4.69, 9.17) is 0 Å². The highest BCUT2D eigenvalue weighted by Crippen LogP contribution is 2.21. The Morgan fingerprint density at radius 3 is 3.00 bits per heavy atom. The molecule has 0 unspecified atom stereocenters. The fourth-order valence-corrected chi connectivity index (χ4v) is 4.84. The van der Waals surface area contributed by atoms with Crippen molar-refractivity contribution in [2.75, 3.05) is 18.0 Å². The molecule has 1 atom stereocenters. The molecule has 0 spiro atoms. The van der Waals surface area contributed by atoms with Gasteiger partial charge >= 0.3 is 0 Å². The van der Waals surface area contributed by atoms with Crippen molar-refractivity contribution >= 4 is 27.0 Å². The van der Waals surface area contributed by atoms with Crippen LogP contribution in [0.15, 0.2) is 34.1 Å². The Morgan fingerprint density at radius 1 is 1.48 bits per heavy atom. The number of aromatic nitrogens is 2. The van der Waals surface area contributed by atoms with Crippen molar-refractivity contribution in [3.63, 3.8) is 0 Å². The maximum absolute atomic E-state index is 12.3. The van der Waals surface area contributed by atoms with Gasteiger partial charge in [-0.15, -0.1) is 11.3 Å². The first-order valence-corrected chi connectivity index (χ1v) is 9.20. The molecule has 1 aliphatic rings. The zero-order valence-electron chi connectivity index (χ0n) is 11.8. The minimum absolute atomic E-state index is 0.0638. The lowest BCUT2D eigenvalue weighted by Gasteiger charge is -2.33. The number of rotatable bonds is 4. The number of anilines is 1. The van der Waals surface area contributed by atoms with Crippen molar-refractivity contribution in [2.24, 2.45) is 7.05 Å². The van der Waals surface area contributed by atoms with Gasteiger partial charge in [0.2, 0.25) is 10.0 Å². The van der Waals surface area contributed by atoms with Gasteiger partial charge in [-0.05, 0) is 24.3 Å². The second-order valence-electron chi connectivity index (χ2n) is 5.21. The molecule has 3 heterocycles. The topological polar surface area (TPSA) is 67.2 Å². The minimum Gasteiger partial charge on any atom is -0.367 e. The first-order chi connectivity index (χ1) is 10.0. The second kappa shape index (κ2) is 5.78. The first kappa shape index (κ1) is 14.6. The van der Waals surface area contributed by atoms with Crippen molar-refractivity contribution < 1.29 is 8.42 Å². The summed E-state index contributed by atoms with van der Waals surface area (Å²) in [5.41, 5.74) is 1.04. The van der Waals surface area contributed by atoms with Crippen molar-refractivity contribution in [3.8, 4) is 0 Å². The molecule has 114 valence electrons. The average molecular weight is 326 g/mol. The Morgan fingerprint density at radius 2 is 2.33 bits per heavy atom. The number of hydrogen-bond donors (Lipinski definition) is 1. The summed E-state index contributed by atoms with van der Waals surface area (Å²) in [6.45, 7) is 1.61. The van der Waals surface area contributed by atoms with E-state index >= 15 is 0 Å². The standard InChI is InChI=1S/C13H18N4O2S2/c1-16-10-12(8-14-16)17-6-2-4-11(9-17)15-21(18,19)13-5-3-7-20-13/h3,5,7-8,10-11,15H,2,4,6,9H2,1H3/t11-/m1/s1. The molecule has 0 amide bonds. The highest BCUT2D eigenvalue weighted by Gasteiger charge is 2.26. The molecule has 2 aromatic rings. The van der Waals surface area contributed by atoms with Crippen LogP contribution in [-0.4, -0.2) is 37.3 Å². The molecule has 1 fully saturated rings. The minimum atomic E-state index is -3.40. The number of hydrogen-bond acceptors (Lipinski definition) is 5. The molecular weight excluding hydrogens is 308 g/mol. The van der Waals surface area contributed by atoms with Gasteiger partial charge in [0.05, 0.1) is 11.9 Å². The van der Waals surface area contributed by atoms with Gasteiger partial charge < -0.3 is 4.90 Å². The summed E-state index contributed by atoms with van der Waals surface area (Å²) in [4.78, 5) is 2.18. The number of sulfonamides is 1. The van der Waals surface area contributed by atoms with Gasteiger partial charge in [-0.25, -0.2) is 13.1 Å². The molecule has 0 aromatic carbocycles. The third-order valence-electron chi connectivity index (χ3n) is 3.56. The molecule has 21 heavy (non-hydrogen) atoms. The Balaban J connectivity index is 1.69. The van der Waals surface area contributed by atoms with Crippen LogP contribution in [0.1, 0.15) is 12.8 Å². The van der Waals surface area contributed by atoms with Crippen LogP contribution in [0.2, 0.25) is 0 Å². The van der Waals surface area contributed by atoms with Crippen molar-refractivity contribution in [2.45, 2.75) is 23.1 Å². The largest absolute Gasteiger partial charge is 0.367 e. The Kier molecular flexibility index (Phi) is 4.01. The predicted octanol–water partition coefficient (Wildman–Crippen LogP) is 1.43. The summed E-state index contributed by atoms with van der Waals surface area (Å²) in [7, 11) is -1.52. The third kappa shape index (κ3) is 3.28. The van der Waals surface area contributed by atoms with Gasteiger partial charge in [-0.3, -0.25) is 4.68 Å². The fraction of sp³-hybridized carbons (Fsp3) is 0.462. The van der Waals surface area contributed by atoms with E-state index in [1.807, 2.05) is 19.4 Å². The van der Waals surface area contributed by atoms with Gasteiger partial charge in [0.15, 0.2) is 0 Å². The fourth-order valence-electron chi connectivity index (χ4n) is 2.57. The van der Waals surface area contributed by atoms with Crippen LogP contribution in [0.5, 0.6) is 0 Å². The highest BCUT2D eigenvalue weighted by atomic mass is 32.2. The van der Waals surface area contributed by atoms with E-state index in [0.717, 1.165) is 25.1 Å². The molecule has 3 rings (SSSR count). The highest BCUT2D eigenvalue weighted by molar-refractivity contribution is 7.91. The summed E-state index contributed by atoms with van der Waals surface area (Å²) in [6.07, 6.45) is 5.60. The number of thiophene rings is 1. The van der Waals surface area contributed by atoms with Crippen molar-refractivity contribution in [1.82, 2.24) is 14.5 Å². The number of nitrogens with zero attached hydrogens (tertiary/aromatic N) is 3. The number of piperidine rings is 1. The summed E-state index contributed by atoms with van der Waals surface area (Å²) in [5, 5.41) is 5.95. The maximum atomic E-state index is 12.3. The zero-order chi connectivity index (χ0) is 14.9. The molecule has 2 aromatic heterocycles. The third-order valence-corrected chi connectivity index (χ3v) is 6.48. The number of nitrogens with one attached hydrogen (secondary N) is 1. The quantitative estimate of drug-likeness (QED) is 0.923. The van der Waals surface area contributed by atoms with Crippen LogP contribution in [0.25, 0.3) is 0 Å². The molecule has 0 aliphatic carbocycles. The molecule has 1 aliphatic heterocycles. The average Bonchev–Trinajstić information content (AvgIpc) is 3.09. The van der Waals surface area contributed by atoms with E-state index < -0.39 is 10.0 Å². The predicted molar refractivity (Wildman–Crippen MR) is 83.1 cm³/mol. The van der Waals surface area contributed by atoms with E-state index in [9.17, 15) is 8.42 Å². The van der Waals surface area contributed by atoms with Gasteiger partial charge in [0.25, 0.3) is 0 Å². The molecule has 0 saturated carbocycles. The maximum Gasteiger partial charge on any atom is 0.250 e. The van der Waals surface area contributed by atoms with Gasteiger partial charge in [-0.1, -0.05) is 6.07 Å². The van der Waals surface area contributed by atoms with Crippen LogP contribution >= 0.6 is 11.3 Å². The van der Waals surface area contributed by atoms with Crippen molar-refractivity contribution in [1.29, 1.82) is 0 Å².